The van der Waals surface area contributed by atoms with Crippen LogP contribution in [-0.4, -0.2) is 67.4 Å². The molecule has 1 unspecified atom stereocenters. The maximum absolute atomic E-state index is 12.9. The minimum atomic E-state index is -3.96. The van der Waals surface area contributed by atoms with Gasteiger partial charge in [0.25, 0.3) is 21.8 Å². The van der Waals surface area contributed by atoms with Gasteiger partial charge < -0.3 is 20.3 Å². The highest BCUT2D eigenvalue weighted by Crippen LogP contribution is 2.29. The van der Waals surface area contributed by atoms with Crippen LogP contribution in [0.1, 0.15) is 34.2 Å². The second-order valence-electron chi connectivity index (χ2n) is 7.36. The van der Waals surface area contributed by atoms with Crippen molar-refractivity contribution in [3.8, 4) is 0 Å². The van der Waals surface area contributed by atoms with E-state index in [0.29, 0.717) is 32.7 Å². The molecule has 0 spiro atoms. The molecule has 0 aliphatic carbocycles. The summed E-state index contributed by atoms with van der Waals surface area (Å²) < 4.78 is 32.3. The van der Waals surface area contributed by atoms with E-state index in [-0.39, 0.29) is 33.9 Å². The number of ether oxygens (including phenoxy) is 1. The molecule has 1 fully saturated rings. The van der Waals surface area contributed by atoms with Crippen LogP contribution in [0.5, 0.6) is 0 Å². The number of anilines is 1. The smallest absolute Gasteiger partial charge is 0.273 e. The molecule has 2 N–H and O–H groups in total. The molecule has 31 heavy (non-hydrogen) atoms. The van der Waals surface area contributed by atoms with Gasteiger partial charge in [0.15, 0.2) is 0 Å². The second kappa shape index (κ2) is 8.16. The minimum Gasteiger partial charge on any atom is -0.374 e. The fourth-order valence-corrected chi connectivity index (χ4v) is 5.14. The summed E-state index contributed by atoms with van der Waals surface area (Å²) in [5.74, 6) is -0.988. The maximum Gasteiger partial charge on any atom is 0.273 e. The highest BCUT2D eigenvalue weighted by molar-refractivity contribution is 7.90. The average Bonchev–Trinajstić information content (AvgIpc) is 3.22. The Kier molecular flexibility index (Phi) is 5.54. The Morgan fingerprint density at radius 3 is 2.87 bits per heavy atom. The largest absolute Gasteiger partial charge is 0.374 e. The summed E-state index contributed by atoms with van der Waals surface area (Å²) in [5, 5.41) is 5.33. The van der Waals surface area contributed by atoms with Crippen LogP contribution < -0.4 is 10.6 Å². The Bertz CT molecular complexity index is 1160. The van der Waals surface area contributed by atoms with E-state index in [1.807, 2.05) is 0 Å². The van der Waals surface area contributed by atoms with Crippen LogP contribution in [0.4, 0.5) is 5.69 Å². The maximum atomic E-state index is 12.9. The van der Waals surface area contributed by atoms with Crippen molar-refractivity contribution in [2.75, 3.05) is 31.6 Å². The molecule has 1 aromatic carbocycles. The summed E-state index contributed by atoms with van der Waals surface area (Å²) in [6, 6.07) is 6.95. The van der Waals surface area contributed by atoms with Gasteiger partial charge in [0.05, 0.1) is 18.4 Å². The fourth-order valence-electron chi connectivity index (χ4n) is 3.67. The van der Waals surface area contributed by atoms with Crippen molar-refractivity contribution in [3.05, 3.63) is 47.8 Å². The molecular formula is C20H22N4O6S. The zero-order valence-electron chi connectivity index (χ0n) is 16.8. The van der Waals surface area contributed by atoms with Gasteiger partial charge in [0, 0.05) is 38.3 Å². The number of aromatic nitrogens is 1. The van der Waals surface area contributed by atoms with Gasteiger partial charge in [0.2, 0.25) is 5.91 Å². The molecule has 0 radical (unpaired) electrons. The highest BCUT2D eigenvalue weighted by Gasteiger charge is 2.30. The van der Waals surface area contributed by atoms with Crippen LogP contribution in [0.15, 0.2) is 41.4 Å². The zero-order chi connectivity index (χ0) is 22.2. The van der Waals surface area contributed by atoms with Crippen LogP contribution in [0.3, 0.4) is 0 Å². The number of nitrogens with zero attached hydrogens (tertiary/aromatic N) is 2. The van der Waals surface area contributed by atoms with Crippen molar-refractivity contribution in [1.29, 1.82) is 0 Å². The van der Waals surface area contributed by atoms with Crippen molar-refractivity contribution in [1.82, 2.24) is 14.2 Å². The van der Waals surface area contributed by atoms with E-state index in [1.54, 1.807) is 4.90 Å². The van der Waals surface area contributed by atoms with Gasteiger partial charge in [0.1, 0.15) is 10.6 Å². The monoisotopic (exact) mass is 446 g/mol. The number of nitrogens with one attached hydrogen (secondary N) is 2. The molecule has 3 amide bonds. The van der Waals surface area contributed by atoms with Gasteiger partial charge in [-0.2, -0.15) is 0 Å². The van der Waals surface area contributed by atoms with E-state index in [0.717, 1.165) is 3.97 Å². The third kappa shape index (κ3) is 4.06. The lowest BCUT2D eigenvalue weighted by atomic mass is 10.1. The number of carbonyl (C=O) groups excluding carboxylic acids is 3. The van der Waals surface area contributed by atoms with Crippen LogP contribution in [0, 0.1) is 0 Å². The summed E-state index contributed by atoms with van der Waals surface area (Å²) in [7, 11) is -3.96. The van der Waals surface area contributed by atoms with Crippen LogP contribution in [-0.2, 0) is 19.6 Å². The SMILES string of the molecule is CC(=O)N1CCOC(CCNC(=O)c2ccc3c(c2)NC(=O)c2cccn2S3(=O)=O)C1. The Balaban J connectivity index is 1.44. The van der Waals surface area contributed by atoms with E-state index in [2.05, 4.69) is 10.6 Å². The molecule has 1 saturated heterocycles. The topological polar surface area (TPSA) is 127 Å². The number of benzene rings is 1. The number of rotatable bonds is 4. The van der Waals surface area contributed by atoms with Crippen molar-refractivity contribution in [2.45, 2.75) is 24.3 Å². The number of hydrogen-bond donors (Lipinski definition) is 2. The van der Waals surface area contributed by atoms with Gasteiger partial charge in [-0.3, -0.25) is 14.4 Å². The third-order valence-electron chi connectivity index (χ3n) is 5.31. The molecule has 0 bridgehead atoms. The molecule has 1 atom stereocenters. The Morgan fingerprint density at radius 1 is 1.29 bits per heavy atom. The normalized spacial score (nSPS) is 19.6. The predicted molar refractivity (Wildman–Crippen MR) is 110 cm³/mol. The van der Waals surface area contributed by atoms with Gasteiger partial charge in [-0.15, -0.1) is 0 Å². The molecule has 11 heteroatoms. The number of amides is 3. The lowest BCUT2D eigenvalue weighted by molar-refractivity contribution is -0.136. The molecule has 1 aromatic heterocycles. The Hall–Kier alpha value is -3.18. The van der Waals surface area contributed by atoms with Crippen molar-refractivity contribution in [3.63, 3.8) is 0 Å². The number of carbonyl (C=O) groups is 3. The molecule has 164 valence electrons. The predicted octanol–water partition coefficient (Wildman–Crippen LogP) is 0.658. The lowest BCUT2D eigenvalue weighted by Crippen LogP contribution is -2.45. The number of hydrogen-bond acceptors (Lipinski definition) is 6. The van der Waals surface area contributed by atoms with E-state index >= 15 is 0 Å². The minimum absolute atomic E-state index is 0.00529. The van der Waals surface area contributed by atoms with Gasteiger partial charge in [-0.1, -0.05) is 0 Å². The first-order chi connectivity index (χ1) is 14.8. The first kappa shape index (κ1) is 21.1. The second-order valence-corrected chi connectivity index (χ2v) is 9.15. The quantitative estimate of drug-likeness (QED) is 0.710. The summed E-state index contributed by atoms with van der Waals surface area (Å²) >= 11 is 0. The Morgan fingerprint density at radius 2 is 2.10 bits per heavy atom. The lowest BCUT2D eigenvalue weighted by Gasteiger charge is -2.32. The average molecular weight is 446 g/mol. The van der Waals surface area contributed by atoms with E-state index in [4.69, 9.17) is 4.74 Å². The third-order valence-corrected chi connectivity index (χ3v) is 7.06. The molecule has 2 aliphatic heterocycles. The summed E-state index contributed by atoms with van der Waals surface area (Å²) in [6.45, 7) is 3.33. The molecule has 4 rings (SSSR count). The first-order valence-electron chi connectivity index (χ1n) is 9.81. The number of fused-ring (bicyclic) bond motifs is 2. The molecule has 0 saturated carbocycles. The highest BCUT2D eigenvalue weighted by atomic mass is 32.2. The fraction of sp³-hybridized carbons (Fsp3) is 0.350. The molecule has 2 aliphatic rings. The van der Waals surface area contributed by atoms with Crippen LogP contribution in [0.2, 0.25) is 0 Å². The van der Waals surface area contributed by atoms with Crippen molar-refractivity contribution < 1.29 is 27.5 Å². The van der Waals surface area contributed by atoms with Crippen LogP contribution in [0.25, 0.3) is 0 Å². The van der Waals surface area contributed by atoms with Gasteiger partial charge in [-0.25, -0.2) is 12.4 Å². The molecular weight excluding hydrogens is 424 g/mol. The standard InChI is InChI=1S/C20H22N4O6S/c1-13(25)23-9-10-30-15(12-23)6-7-21-19(26)14-4-5-18-16(11-14)22-20(27)17-3-2-8-24(17)31(18,28)29/h2-5,8,11,15H,6-7,9-10,12H2,1H3,(H,21,26)(H,22,27). The summed E-state index contributed by atoms with van der Waals surface area (Å²) in [5.41, 5.74) is 0.263. The molecule has 3 heterocycles. The van der Waals surface area contributed by atoms with Crippen molar-refractivity contribution in [2.24, 2.45) is 0 Å². The van der Waals surface area contributed by atoms with E-state index in [1.165, 1.54) is 43.5 Å². The zero-order valence-corrected chi connectivity index (χ0v) is 17.6. The molecule has 10 nitrogen and oxygen atoms in total. The Labute approximate surface area is 179 Å². The molecule has 2 aromatic rings. The van der Waals surface area contributed by atoms with Gasteiger partial charge >= 0.3 is 0 Å². The van der Waals surface area contributed by atoms with Crippen LogP contribution >= 0.6 is 0 Å². The van der Waals surface area contributed by atoms with E-state index < -0.39 is 21.8 Å². The number of morpholine rings is 1. The first-order valence-corrected chi connectivity index (χ1v) is 11.2. The summed E-state index contributed by atoms with van der Waals surface area (Å²) in [4.78, 5) is 38.1. The summed E-state index contributed by atoms with van der Waals surface area (Å²) in [6.07, 6.45) is 1.67. The van der Waals surface area contributed by atoms with E-state index in [9.17, 15) is 22.8 Å². The van der Waals surface area contributed by atoms with Crippen molar-refractivity contribution >= 4 is 33.4 Å². The van der Waals surface area contributed by atoms with Gasteiger partial charge in [-0.05, 0) is 36.8 Å².